The van der Waals surface area contributed by atoms with Crippen LogP contribution in [0.25, 0.3) is 0 Å². The van der Waals surface area contributed by atoms with E-state index >= 15 is 0 Å². The number of rotatable bonds is 11. The Bertz CT molecular complexity index is 974. The van der Waals surface area contributed by atoms with Crippen molar-refractivity contribution in [1.29, 1.82) is 0 Å². The van der Waals surface area contributed by atoms with Crippen molar-refractivity contribution in [2.24, 2.45) is 34.5 Å². The van der Waals surface area contributed by atoms with Gasteiger partial charge in [0.15, 0.2) is 0 Å². The molecule has 4 unspecified atom stereocenters. The van der Waals surface area contributed by atoms with Crippen LogP contribution in [-0.2, 0) is 4.79 Å². The lowest BCUT2D eigenvalue weighted by Gasteiger charge is -2.60. The molecule has 0 aromatic heterocycles. The number of fused-ring (bicyclic) bond motifs is 5. The fourth-order valence-corrected chi connectivity index (χ4v) is 9.93. The highest BCUT2D eigenvalue weighted by atomic mass is 16.5. The molecule has 0 aliphatic heterocycles. The van der Waals surface area contributed by atoms with Gasteiger partial charge >= 0.3 is 0 Å². The van der Waals surface area contributed by atoms with Gasteiger partial charge in [-0.3, -0.25) is 4.79 Å². The monoisotopic (exact) mass is 537 g/mol. The van der Waals surface area contributed by atoms with Crippen molar-refractivity contribution >= 4 is 5.78 Å². The third-order valence-electron chi connectivity index (χ3n) is 12.2. The molecule has 4 fully saturated rings. The molecule has 4 aliphatic rings. The van der Waals surface area contributed by atoms with Crippen molar-refractivity contribution < 1.29 is 14.6 Å². The lowest BCUT2D eigenvalue weighted by molar-refractivity contribution is -0.145. The molecule has 8 atom stereocenters. The van der Waals surface area contributed by atoms with Gasteiger partial charge in [-0.2, -0.15) is 0 Å². The number of nitrogens with one attached hydrogen (secondary N) is 1. The van der Waals surface area contributed by atoms with Gasteiger partial charge in [0.25, 0.3) is 0 Å². The predicted octanol–water partition coefficient (Wildman–Crippen LogP) is 8.03. The molecule has 1 aromatic carbocycles. The Morgan fingerprint density at radius 1 is 1.05 bits per heavy atom. The SMILES string of the molecule is CCC[C@H](NC(CC)CC)c1cccc(OCC[C@]23CCC4C(CCC5CC(=O)CC[C@@]54C)C2CC[C@@H]3O)c1. The minimum absolute atomic E-state index is 0.00817. The van der Waals surface area contributed by atoms with Crippen molar-refractivity contribution in [1.82, 2.24) is 5.32 Å². The van der Waals surface area contributed by atoms with E-state index < -0.39 is 0 Å². The highest BCUT2D eigenvalue weighted by Crippen LogP contribution is 2.66. The number of ether oxygens (including phenoxy) is 1. The van der Waals surface area contributed by atoms with Crippen LogP contribution in [-0.4, -0.2) is 29.6 Å². The second kappa shape index (κ2) is 12.2. The summed E-state index contributed by atoms with van der Waals surface area (Å²) in [6.07, 6.45) is 14.9. The van der Waals surface area contributed by atoms with Gasteiger partial charge in [0.2, 0.25) is 0 Å². The predicted molar refractivity (Wildman–Crippen MR) is 159 cm³/mol. The summed E-state index contributed by atoms with van der Waals surface area (Å²) in [4.78, 5) is 12.2. The average molecular weight is 538 g/mol. The number of carbonyl (C=O) groups excluding carboxylic acids is 1. The topological polar surface area (TPSA) is 58.6 Å². The Morgan fingerprint density at radius 3 is 2.64 bits per heavy atom. The van der Waals surface area contributed by atoms with Crippen LogP contribution in [0.4, 0.5) is 0 Å². The number of Topliss-reactive ketones (excluding diaryl/α,β-unsaturated/α-hetero) is 1. The van der Waals surface area contributed by atoms with Gasteiger partial charge in [-0.1, -0.05) is 46.2 Å². The van der Waals surface area contributed by atoms with Gasteiger partial charge in [-0.15, -0.1) is 0 Å². The molecule has 4 heteroatoms. The molecule has 2 N–H and O–H groups in total. The maximum atomic E-state index is 12.2. The zero-order chi connectivity index (χ0) is 27.6. The molecular formula is C35H55NO3. The van der Waals surface area contributed by atoms with Crippen LogP contribution in [0.15, 0.2) is 24.3 Å². The van der Waals surface area contributed by atoms with E-state index in [4.69, 9.17) is 4.74 Å². The zero-order valence-electron chi connectivity index (χ0n) is 25.2. The number of carbonyl (C=O) groups is 1. The maximum absolute atomic E-state index is 12.2. The van der Waals surface area contributed by atoms with Gasteiger partial charge in [0.05, 0.1) is 12.7 Å². The van der Waals surface area contributed by atoms with Crippen LogP contribution >= 0.6 is 0 Å². The number of hydrogen-bond donors (Lipinski definition) is 2. The molecule has 218 valence electrons. The molecule has 0 radical (unpaired) electrons. The van der Waals surface area contributed by atoms with E-state index in [9.17, 15) is 9.90 Å². The Kier molecular flexibility index (Phi) is 9.13. The van der Waals surface area contributed by atoms with E-state index in [-0.39, 0.29) is 11.5 Å². The van der Waals surface area contributed by atoms with Crippen molar-refractivity contribution in [3.8, 4) is 5.75 Å². The van der Waals surface area contributed by atoms with Gasteiger partial charge in [-0.05, 0) is 117 Å². The smallest absolute Gasteiger partial charge is 0.133 e. The number of ketones is 1. The third kappa shape index (κ3) is 5.59. The molecule has 39 heavy (non-hydrogen) atoms. The molecule has 4 saturated carbocycles. The third-order valence-corrected chi connectivity index (χ3v) is 12.2. The first kappa shape index (κ1) is 29.1. The highest BCUT2D eigenvalue weighted by Gasteiger charge is 2.61. The molecule has 4 nitrogen and oxygen atoms in total. The number of aliphatic hydroxyl groups is 1. The van der Waals surface area contributed by atoms with Crippen molar-refractivity contribution in [2.75, 3.05) is 6.61 Å². The summed E-state index contributed by atoms with van der Waals surface area (Å²) in [7, 11) is 0. The minimum atomic E-state index is -0.199. The fraction of sp³-hybridized carbons (Fsp3) is 0.800. The Labute approximate surface area is 238 Å². The first-order valence-corrected chi connectivity index (χ1v) is 16.5. The summed E-state index contributed by atoms with van der Waals surface area (Å²) >= 11 is 0. The van der Waals surface area contributed by atoms with Crippen molar-refractivity contribution in [3.05, 3.63) is 29.8 Å². The van der Waals surface area contributed by atoms with Crippen LogP contribution in [0.3, 0.4) is 0 Å². The molecule has 1 aromatic rings. The molecule has 4 aliphatic carbocycles. The van der Waals surface area contributed by atoms with Crippen LogP contribution in [0.2, 0.25) is 0 Å². The molecular weight excluding hydrogens is 482 g/mol. The van der Waals surface area contributed by atoms with Gasteiger partial charge in [-0.25, -0.2) is 0 Å². The second-order valence-corrected chi connectivity index (χ2v) is 14.0. The van der Waals surface area contributed by atoms with E-state index in [1.165, 1.54) is 24.8 Å². The minimum Gasteiger partial charge on any atom is -0.494 e. The zero-order valence-corrected chi connectivity index (χ0v) is 25.2. The summed E-state index contributed by atoms with van der Waals surface area (Å²) in [6.45, 7) is 9.99. The van der Waals surface area contributed by atoms with Crippen molar-refractivity contribution in [3.63, 3.8) is 0 Å². The molecule has 5 rings (SSSR count). The summed E-state index contributed by atoms with van der Waals surface area (Å²) in [5, 5.41) is 15.3. The van der Waals surface area contributed by atoms with Crippen LogP contribution in [0, 0.1) is 34.5 Å². The van der Waals surface area contributed by atoms with E-state index in [2.05, 4.69) is 57.3 Å². The maximum Gasteiger partial charge on any atom is 0.133 e. The Hall–Kier alpha value is -1.39. The van der Waals surface area contributed by atoms with Crippen LogP contribution in [0.1, 0.15) is 129 Å². The lowest BCUT2D eigenvalue weighted by atomic mass is 9.44. The van der Waals surface area contributed by atoms with E-state index in [0.717, 1.165) is 82.3 Å². The number of benzene rings is 1. The van der Waals surface area contributed by atoms with Gasteiger partial charge < -0.3 is 15.2 Å². The number of aliphatic hydroxyl groups excluding tert-OH is 1. The lowest BCUT2D eigenvalue weighted by Crippen LogP contribution is -2.55. The number of hydrogen-bond acceptors (Lipinski definition) is 4. The van der Waals surface area contributed by atoms with Crippen LogP contribution in [0.5, 0.6) is 5.75 Å². The summed E-state index contributed by atoms with van der Waals surface area (Å²) in [6, 6.07) is 9.66. The Morgan fingerprint density at radius 2 is 1.87 bits per heavy atom. The highest BCUT2D eigenvalue weighted by molar-refractivity contribution is 5.79. The molecule has 0 saturated heterocycles. The quantitative estimate of drug-likeness (QED) is 0.300. The van der Waals surface area contributed by atoms with Crippen LogP contribution < -0.4 is 10.1 Å². The normalized spacial score (nSPS) is 36.8. The average Bonchev–Trinajstić information content (AvgIpc) is 3.28. The molecule has 0 spiro atoms. The van der Waals surface area contributed by atoms with E-state index in [1.807, 2.05) is 0 Å². The first-order chi connectivity index (χ1) is 18.8. The summed E-state index contributed by atoms with van der Waals surface area (Å²) < 4.78 is 6.46. The van der Waals surface area contributed by atoms with E-state index in [0.29, 0.717) is 47.6 Å². The van der Waals surface area contributed by atoms with Gasteiger partial charge in [0, 0.05) is 30.3 Å². The largest absolute Gasteiger partial charge is 0.494 e. The van der Waals surface area contributed by atoms with E-state index in [1.54, 1.807) is 0 Å². The Balaban J connectivity index is 1.25. The standard InChI is InChI=1S/C35H55NO3/c1-5-9-32(36-26(6-2)7-3)24-10-8-11-28(22-24)39-21-20-35-19-17-30-29(31(35)14-15-33(35)38)13-12-25-23-27(37)16-18-34(25,30)4/h8,10-11,22,25-26,29-33,36,38H,5-7,9,12-21,23H2,1-4H3/t25?,29?,30?,31?,32-,33-,34-,35+/m0/s1. The molecule has 0 bridgehead atoms. The second-order valence-electron chi connectivity index (χ2n) is 14.0. The summed E-state index contributed by atoms with van der Waals surface area (Å²) in [5.41, 5.74) is 1.66. The van der Waals surface area contributed by atoms with Crippen molar-refractivity contribution in [2.45, 2.75) is 136 Å². The first-order valence-electron chi connectivity index (χ1n) is 16.5. The van der Waals surface area contributed by atoms with Gasteiger partial charge in [0.1, 0.15) is 11.5 Å². The molecule has 0 amide bonds. The molecule has 0 heterocycles. The fourth-order valence-electron chi connectivity index (χ4n) is 9.93. The summed E-state index contributed by atoms with van der Waals surface area (Å²) in [5.74, 6) is 4.09.